The molecular weight excluding hydrogens is 236 g/mol. The molecule has 19 heavy (non-hydrogen) atoms. The lowest BCUT2D eigenvalue weighted by molar-refractivity contribution is 0.205. The lowest BCUT2D eigenvalue weighted by Gasteiger charge is -2.31. The van der Waals surface area contributed by atoms with Gasteiger partial charge in [0.05, 0.1) is 5.69 Å². The third-order valence-corrected chi connectivity index (χ3v) is 4.02. The van der Waals surface area contributed by atoms with Crippen LogP contribution in [0.4, 0.5) is 0 Å². The van der Waals surface area contributed by atoms with Crippen molar-refractivity contribution in [1.29, 1.82) is 0 Å². The minimum atomic E-state index is 0.646. The van der Waals surface area contributed by atoms with E-state index in [1.165, 1.54) is 32.5 Å². The summed E-state index contributed by atoms with van der Waals surface area (Å²) in [6.45, 7) is 6.74. The van der Waals surface area contributed by atoms with E-state index in [-0.39, 0.29) is 0 Å². The molecule has 0 atom stereocenters. The van der Waals surface area contributed by atoms with E-state index in [0.717, 1.165) is 17.9 Å². The van der Waals surface area contributed by atoms with Crippen LogP contribution in [0.1, 0.15) is 25.5 Å². The van der Waals surface area contributed by atoms with Crippen LogP contribution in [0.15, 0.2) is 30.6 Å². The minimum Gasteiger partial charge on any atom is -0.308 e. The molecule has 2 aromatic heterocycles. The van der Waals surface area contributed by atoms with Crippen LogP contribution in [0.2, 0.25) is 0 Å². The second-order valence-electron chi connectivity index (χ2n) is 5.29. The van der Waals surface area contributed by atoms with Crippen LogP contribution < -0.4 is 5.32 Å². The zero-order chi connectivity index (χ0) is 13.1. The Bertz CT molecular complexity index is 493. The molecule has 0 radical (unpaired) electrons. The van der Waals surface area contributed by atoms with Gasteiger partial charge in [-0.2, -0.15) is 0 Å². The Kier molecular flexibility index (Phi) is 3.80. The molecule has 0 spiro atoms. The molecule has 2 aromatic rings. The third kappa shape index (κ3) is 2.96. The van der Waals surface area contributed by atoms with E-state index in [4.69, 9.17) is 0 Å². The summed E-state index contributed by atoms with van der Waals surface area (Å²) in [6.07, 6.45) is 6.66. The van der Waals surface area contributed by atoms with Gasteiger partial charge in [-0.05, 0) is 44.6 Å². The standard InChI is InChI=1S/C15H22N4/c1-2-18-9-6-13(7-10-18)16-11-14-12-19-8-4-3-5-15(19)17-14/h3-5,8,12-13,16H,2,6-7,9-11H2,1H3. The van der Waals surface area contributed by atoms with Crippen molar-refractivity contribution < 1.29 is 0 Å². The number of fused-ring (bicyclic) bond motifs is 1. The zero-order valence-corrected chi connectivity index (χ0v) is 11.5. The summed E-state index contributed by atoms with van der Waals surface area (Å²) in [5.41, 5.74) is 2.16. The first-order valence-electron chi connectivity index (χ1n) is 7.23. The van der Waals surface area contributed by atoms with E-state index < -0.39 is 0 Å². The third-order valence-electron chi connectivity index (χ3n) is 4.02. The number of likely N-dealkylation sites (tertiary alicyclic amines) is 1. The van der Waals surface area contributed by atoms with Gasteiger partial charge in [0.15, 0.2) is 0 Å². The summed E-state index contributed by atoms with van der Waals surface area (Å²) in [6, 6.07) is 6.75. The number of nitrogens with zero attached hydrogens (tertiary/aromatic N) is 3. The fraction of sp³-hybridized carbons (Fsp3) is 0.533. The number of hydrogen-bond acceptors (Lipinski definition) is 3. The maximum atomic E-state index is 4.62. The molecule has 0 saturated carbocycles. The topological polar surface area (TPSA) is 32.6 Å². The summed E-state index contributed by atoms with van der Waals surface area (Å²) in [7, 11) is 0. The van der Waals surface area contributed by atoms with Crippen molar-refractivity contribution in [3.05, 3.63) is 36.3 Å². The van der Waals surface area contributed by atoms with Crippen molar-refractivity contribution in [3.8, 4) is 0 Å². The first-order chi connectivity index (χ1) is 9.35. The van der Waals surface area contributed by atoms with Crippen molar-refractivity contribution in [3.63, 3.8) is 0 Å². The Morgan fingerprint density at radius 2 is 2.16 bits per heavy atom. The SMILES string of the molecule is CCN1CCC(NCc2cn3ccccc3n2)CC1. The van der Waals surface area contributed by atoms with Gasteiger partial charge in [-0.25, -0.2) is 4.98 Å². The van der Waals surface area contributed by atoms with Gasteiger partial charge in [-0.1, -0.05) is 13.0 Å². The van der Waals surface area contributed by atoms with E-state index in [9.17, 15) is 0 Å². The van der Waals surface area contributed by atoms with Gasteiger partial charge in [-0.3, -0.25) is 0 Å². The molecule has 1 fully saturated rings. The first-order valence-corrected chi connectivity index (χ1v) is 7.23. The Labute approximate surface area is 114 Å². The van der Waals surface area contributed by atoms with E-state index in [1.54, 1.807) is 0 Å². The lowest BCUT2D eigenvalue weighted by Crippen LogP contribution is -2.42. The van der Waals surface area contributed by atoms with Gasteiger partial charge in [0.2, 0.25) is 0 Å². The fourth-order valence-electron chi connectivity index (χ4n) is 2.77. The van der Waals surface area contributed by atoms with Crippen LogP contribution >= 0.6 is 0 Å². The van der Waals surface area contributed by atoms with Gasteiger partial charge in [0, 0.05) is 25.0 Å². The highest BCUT2D eigenvalue weighted by atomic mass is 15.1. The highest BCUT2D eigenvalue weighted by molar-refractivity contribution is 5.39. The fourth-order valence-corrected chi connectivity index (χ4v) is 2.77. The number of piperidine rings is 1. The molecule has 4 heteroatoms. The quantitative estimate of drug-likeness (QED) is 0.909. The van der Waals surface area contributed by atoms with Crippen molar-refractivity contribution >= 4 is 5.65 Å². The van der Waals surface area contributed by atoms with Crippen molar-refractivity contribution in [2.45, 2.75) is 32.4 Å². The molecule has 1 N–H and O–H groups in total. The Hall–Kier alpha value is -1.39. The molecule has 1 aliphatic heterocycles. The molecule has 0 amide bonds. The second-order valence-corrected chi connectivity index (χ2v) is 5.29. The summed E-state index contributed by atoms with van der Waals surface area (Å²) in [5, 5.41) is 3.64. The molecule has 0 aromatic carbocycles. The lowest BCUT2D eigenvalue weighted by atomic mass is 10.1. The maximum absolute atomic E-state index is 4.62. The van der Waals surface area contributed by atoms with Gasteiger partial charge in [-0.15, -0.1) is 0 Å². The molecule has 0 bridgehead atoms. The zero-order valence-electron chi connectivity index (χ0n) is 11.5. The molecule has 102 valence electrons. The summed E-state index contributed by atoms with van der Waals surface area (Å²) in [5.74, 6) is 0. The van der Waals surface area contributed by atoms with Crippen LogP contribution in [0, 0.1) is 0 Å². The highest BCUT2D eigenvalue weighted by Crippen LogP contribution is 2.11. The molecule has 3 heterocycles. The van der Waals surface area contributed by atoms with Crippen molar-refractivity contribution in [2.75, 3.05) is 19.6 Å². The largest absolute Gasteiger partial charge is 0.308 e. The Morgan fingerprint density at radius 1 is 1.32 bits per heavy atom. The van der Waals surface area contributed by atoms with Gasteiger partial charge >= 0.3 is 0 Å². The van der Waals surface area contributed by atoms with Gasteiger partial charge in [0.25, 0.3) is 0 Å². The summed E-state index contributed by atoms with van der Waals surface area (Å²) < 4.78 is 2.08. The highest BCUT2D eigenvalue weighted by Gasteiger charge is 2.17. The monoisotopic (exact) mass is 258 g/mol. The second kappa shape index (κ2) is 5.72. The van der Waals surface area contributed by atoms with E-state index in [1.807, 2.05) is 24.4 Å². The molecule has 1 aliphatic rings. The molecular formula is C15H22N4. The predicted octanol–water partition coefficient (Wildman–Crippen LogP) is 1.91. The average Bonchev–Trinajstić information content (AvgIpc) is 2.88. The van der Waals surface area contributed by atoms with Gasteiger partial charge < -0.3 is 14.6 Å². The van der Waals surface area contributed by atoms with Crippen LogP contribution in [-0.2, 0) is 6.54 Å². The Balaban J connectivity index is 1.55. The molecule has 3 rings (SSSR count). The van der Waals surface area contributed by atoms with E-state index in [2.05, 4.69) is 32.7 Å². The maximum Gasteiger partial charge on any atom is 0.137 e. The average molecular weight is 258 g/mol. The van der Waals surface area contributed by atoms with Crippen LogP contribution in [0.5, 0.6) is 0 Å². The van der Waals surface area contributed by atoms with Crippen LogP contribution in [0.3, 0.4) is 0 Å². The molecule has 0 unspecified atom stereocenters. The summed E-state index contributed by atoms with van der Waals surface area (Å²) >= 11 is 0. The number of aromatic nitrogens is 2. The molecule has 0 aliphatic carbocycles. The first kappa shape index (κ1) is 12.6. The van der Waals surface area contributed by atoms with E-state index >= 15 is 0 Å². The number of pyridine rings is 1. The normalized spacial score (nSPS) is 18.2. The number of nitrogens with one attached hydrogen (secondary N) is 1. The van der Waals surface area contributed by atoms with Crippen molar-refractivity contribution in [1.82, 2.24) is 19.6 Å². The van der Waals surface area contributed by atoms with E-state index in [0.29, 0.717) is 6.04 Å². The number of imidazole rings is 1. The smallest absolute Gasteiger partial charge is 0.137 e. The number of hydrogen-bond donors (Lipinski definition) is 1. The number of rotatable bonds is 4. The van der Waals surface area contributed by atoms with Gasteiger partial charge in [0.1, 0.15) is 5.65 Å². The molecule has 1 saturated heterocycles. The Morgan fingerprint density at radius 3 is 2.89 bits per heavy atom. The summed E-state index contributed by atoms with van der Waals surface area (Å²) in [4.78, 5) is 7.14. The van der Waals surface area contributed by atoms with Crippen LogP contribution in [0.25, 0.3) is 5.65 Å². The predicted molar refractivity (Wildman–Crippen MR) is 77.2 cm³/mol. The van der Waals surface area contributed by atoms with Crippen LogP contribution in [-0.4, -0.2) is 40.0 Å². The minimum absolute atomic E-state index is 0.646. The van der Waals surface area contributed by atoms with Crippen molar-refractivity contribution in [2.24, 2.45) is 0 Å². The molecule has 4 nitrogen and oxygen atoms in total.